The Hall–Kier alpha value is -2.95. The highest BCUT2D eigenvalue weighted by Crippen LogP contribution is 2.59. The van der Waals surface area contributed by atoms with Crippen LogP contribution in [-0.4, -0.2) is 20.7 Å². The minimum Gasteiger partial charge on any atom is -0.365 e. The Morgan fingerprint density at radius 3 is 2.92 bits per heavy atom. The van der Waals surface area contributed by atoms with Gasteiger partial charge in [0, 0.05) is 24.1 Å². The summed E-state index contributed by atoms with van der Waals surface area (Å²) in [5.74, 6) is -1.15. The van der Waals surface area contributed by atoms with Gasteiger partial charge in [-0.05, 0) is 43.6 Å². The Kier molecular flexibility index (Phi) is 3.87. The van der Waals surface area contributed by atoms with Gasteiger partial charge in [-0.25, -0.2) is 4.98 Å². The lowest BCUT2D eigenvalue weighted by Gasteiger charge is -2.32. The Morgan fingerprint density at radius 1 is 1.46 bits per heavy atom. The van der Waals surface area contributed by atoms with E-state index in [1.165, 1.54) is 25.1 Å². The van der Waals surface area contributed by atoms with E-state index < -0.39 is 11.9 Å². The zero-order valence-corrected chi connectivity index (χ0v) is 14.2. The fourth-order valence-electron chi connectivity index (χ4n) is 3.89. The van der Waals surface area contributed by atoms with Gasteiger partial charge in [0.25, 0.3) is 5.91 Å². The smallest absolute Gasteiger partial charge is 0.254 e. The lowest BCUT2D eigenvalue weighted by Crippen LogP contribution is -2.28. The van der Waals surface area contributed by atoms with Crippen molar-refractivity contribution in [2.45, 2.75) is 38.1 Å². The van der Waals surface area contributed by atoms with Crippen LogP contribution in [-0.2, 0) is 0 Å². The molecule has 0 saturated heterocycles. The molecule has 1 amide bonds. The summed E-state index contributed by atoms with van der Waals surface area (Å²) in [6.07, 6.45) is 8.09. The maximum absolute atomic E-state index is 13.3. The maximum atomic E-state index is 13.3. The maximum Gasteiger partial charge on any atom is 0.254 e. The Labute approximate surface area is 150 Å². The molecule has 0 aliphatic heterocycles. The third-order valence-corrected chi connectivity index (χ3v) is 5.54. The van der Waals surface area contributed by atoms with E-state index in [1.54, 1.807) is 16.9 Å². The highest BCUT2D eigenvalue weighted by molar-refractivity contribution is 5.98. The van der Waals surface area contributed by atoms with E-state index in [2.05, 4.69) is 21.5 Å². The van der Waals surface area contributed by atoms with Crippen LogP contribution in [0.4, 0.5) is 15.9 Å². The average Bonchev–Trinajstić information content (AvgIpc) is 3.22. The van der Waals surface area contributed by atoms with Crippen LogP contribution >= 0.6 is 0 Å². The van der Waals surface area contributed by atoms with E-state index in [4.69, 9.17) is 5.73 Å². The van der Waals surface area contributed by atoms with Crippen LogP contribution in [0, 0.1) is 28.6 Å². The number of rotatable bonds is 4. The van der Waals surface area contributed by atoms with Crippen LogP contribution in [0.3, 0.4) is 0 Å². The molecule has 0 aromatic carbocycles. The zero-order valence-electron chi connectivity index (χ0n) is 14.2. The molecular formula is C18H19FN6O. The lowest BCUT2D eigenvalue weighted by molar-refractivity contribution is 0.100. The van der Waals surface area contributed by atoms with Crippen molar-refractivity contribution in [3.63, 3.8) is 0 Å². The van der Waals surface area contributed by atoms with Crippen molar-refractivity contribution in [3.8, 4) is 6.07 Å². The molecule has 134 valence electrons. The van der Waals surface area contributed by atoms with Gasteiger partial charge in [-0.3, -0.25) is 9.48 Å². The van der Waals surface area contributed by atoms with Crippen molar-refractivity contribution in [3.05, 3.63) is 36.0 Å². The van der Waals surface area contributed by atoms with Crippen LogP contribution in [0.2, 0.25) is 0 Å². The molecule has 26 heavy (non-hydrogen) atoms. The summed E-state index contributed by atoms with van der Waals surface area (Å²) in [5, 5.41) is 17.0. The first-order chi connectivity index (χ1) is 12.5. The quantitative estimate of drug-likeness (QED) is 0.820. The molecular weight excluding hydrogens is 335 g/mol. The van der Waals surface area contributed by atoms with Crippen molar-refractivity contribution in [1.29, 1.82) is 5.26 Å². The number of nitrogens with two attached hydrogens (primary N) is 1. The van der Waals surface area contributed by atoms with Gasteiger partial charge in [0.15, 0.2) is 5.82 Å². The van der Waals surface area contributed by atoms with Crippen molar-refractivity contribution in [2.75, 3.05) is 5.32 Å². The number of hydrogen-bond acceptors (Lipinski definition) is 5. The number of carbonyl (C=O) groups excluding carboxylic acids is 1. The SMILES string of the molecule is N#CC1CC2(CCC1n1cc(C(N)=O)c(Nc3ccnc(F)c3)n1)CC2. The average molecular weight is 354 g/mol. The van der Waals surface area contributed by atoms with Gasteiger partial charge in [0.1, 0.15) is 5.56 Å². The van der Waals surface area contributed by atoms with E-state index in [-0.39, 0.29) is 23.3 Å². The molecule has 2 atom stereocenters. The van der Waals surface area contributed by atoms with Gasteiger partial charge in [0.2, 0.25) is 5.95 Å². The topological polar surface area (TPSA) is 110 Å². The van der Waals surface area contributed by atoms with E-state index in [9.17, 15) is 14.4 Å². The van der Waals surface area contributed by atoms with Crippen LogP contribution < -0.4 is 11.1 Å². The molecule has 2 fully saturated rings. The Bertz CT molecular complexity index is 897. The molecule has 2 saturated carbocycles. The fourth-order valence-corrected chi connectivity index (χ4v) is 3.89. The molecule has 2 aliphatic rings. The monoisotopic (exact) mass is 354 g/mol. The highest BCUT2D eigenvalue weighted by Gasteiger charge is 2.49. The number of nitrogens with one attached hydrogen (secondary N) is 1. The number of aromatic nitrogens is 3. The summed E-state index contributed by atoms with van der Waals surface area (Å²) in [6.45, 7) is 0. The van der Waals surface area contributed by atoms with Crippen molar-refractivity contribution < 1.29 is 9.18 Å². The summed E-state index contributed by atoms with van der Waals surface area (Å²) in [5.41, 5.74) is 6.46. The van der Waals surface area contributed by atoms with Gasteiger partial charge in [-0.15, -0.1) is 0 Å². The largest absolute Gasteiger partial charge is 0.365 e. The summed E-state index contributed by atoms with van der Waals surface area (Å²) < 4.78 is 15.0. The summed E-state index contributed by atoms with van der Waals surface area (Å²) >= 11 is 0. The standard InChI is InChI=1S/C18H19FN6O/c19-15-7-12(2-6-22-15)23-17-13(16(21)26)10-25(24-17)14-1-3-18(4-5-18)8-11(14)9-20/h2,6-7,10-11,14H,1,3-5,8H2,(H2,21,26)(H,22,23,24). The first-order valence-electron chi connectivity index (χ1n) is 8.67. The van der Waals surface area contributed by atoms with Crippen LogP contribution in [0.25, 0.3) is 0 Å². The first-order valence-corrected chi connectivity index (χ1v) is 8.67. The van der Waals surface area contributed by atoms with E-state index >= 15 is 0 Å². The number of pyridine rings is 1. The fraction of sp³-hybridized carbons (Fsp3) is 0.444. The normalized spacial score (nSPS) is 23.4. The number of amides is 1. The molecule has 2 aromatic rings. The molecule has 0 radical (unpaired) electrons. The number of anilines is 2. The Balaban J connectivity index is 1.63. The molecule has 4 rings (SSSR count). The third-order valence-electron chi connectivity index (χ3n) is 5.54. The van der Waals surface area contributed by atoms with Gasteiger partial charge in [-0.2, -0.15) is 14.8 Å². The van der Waals surface area contributed by atoms with Crippen LogP contribution in [0.1, 0.15) is 48.5 Å². The third kappa shape index (κ3) is 3.01. The van der Waals surface area contributed by atoms with Crippen molar-refractivity contribution in [2.24, 2.45) is 17.1 Å². The van der Waals surface area contributed by atoms with Crippen molar-refractivity contribution in [1.82, 2.24) is 14.8 Å². The Morgan fingerprint density at radius 2 is 2.27 bits per heavy atom. The van der Waals surface area contributed by atoms with Crippen LogP contribution in [0.15, 0.2) is 24.5 Å². The number of nitriles is 1. The molecule has 2 heterocycles. The molecule has 2 aromatic heterocycles. The number of primary amides is 1. The molecule has 1 spiro atoms. The number of halogens is 1. The molecule has 3 N–H and O–H groups in total. The summed E-state index contributed by atoms with van der Waals surface area (Å²) in [6, 6.07) is 5.10. The van der Waals surface area contributed by atoms with E-state index in [0.29, 0.717) is 11.1 Å². The predicted octanol–water partition coefficient (Wildman–Crippen LogP) is 2.90. The summed E-state index contributed by atoms with van der Waals surface area (Å²) in [4.78, 5) is 15.3. The van der Waals surface area contributed by atoms with E-state index in [1.807, 2.05) is 0 Å². The minimum atomic E-state index is -0.637. The molecule has 2 unspecified atom stereocenters. The second kappa shape index (κ2) is 6.09. The number of nitrogens with zero attached hydrogens (tertiary/aromatic N) is 4. The first kappa shape index (κ1) is 16.5. The molecule has 8 heteroatoms. The number of hydrogen-bond donors (Lipinski definition) is 2. The lowest BCUT2D eigenvalue weighted by atomic mass is 9.76. The zero-order chi connectivity index (χ0) is 18.3. The molecule has 7 nitrogen and oxygen atoms in total. The second-order valence-electron chi connectivity index (χ2n) is 7.27. The van der Waals surface area contributed by atoms with Gasteiger partial charge in [0.05, 0.1) is 18.0 Å². The van der Waals surface area contributed by atoms with Crippen LogP contribution in [0.5, 0.6) is 0 Å². The van der Waals surface area contributed by atoms with Crippen molar-refractivity contribution >= 4 is 17.4 Å². The van der Waals surface area contributed by atoms with E-state index in [0.717, 1.165) is 19.3 Å². The summed E-state index contributed by atoms with van der Waals surface area (Å²) in [7, 11) is 0. The van der Waals surface area contributed by atoms with Gasteiger partial charge < -0.3 is 11.1 Å². The molecule has 0 bridgehead atoms. The van der Waals surface area contributed by atoms with Gasteiger partial charge >= 0.3 is 0 Å². The van der Waals surface area contributed by atoms with Gasteiger partial charge in [-0.1, -0.05) is 0 Å². The highest BCUT2D eigenvalue weighted by atomic mass is 19.1. The second-order valence-corrected chi connectivity index (χ2v) is 7.27. The molecule has 2 aliphatic carbocycles. The minimum absolute atomic E-state index is 0.0888. The number of carbonyl (C=O) groups is 1. The predicted molar refractivity (Wildman–Crippen MR) is 91.9 cm³/mol.